The summed E-state index contributed by atoms with van der Waals surface area (Å²) in [6.07, 6.45) is 0. The minimum Gasteiger partial charge on any atom is -0.0623 e. The molecule has 0 bridgehead atoms. The first-order valence-corrected chi connectivity index (χ1v) is 17.7. The minimum absolute atomic E-state index is 1.25. The molecule has 0 unspecified atom stereocenters. The van der Waals surface area contributed by atoms with Crippen molar-refractivity contribution in [2.45, 2.75) is 0 Å². The maximum absolute atomic E-state index is 2.57. The highest BCUT2D eigenvalue weighted by atomic mass is 28.3. The Labute approximate surface area is 264 Å². The van der Waals surface area contributed by atoms with Crippen molar-refractivity contribution in [1.29, 1.82) is 0 Å². The molecule has 0 aliphatic heterocycles. The van der Waals surface area contributed by atoms with E-state index in [0.29, 0.717) is 0 Å². The van der Waals surface area contributed by atoms with Gasteiger partial charge in [-0.05, 0) is 87.8 Å². The van der Waals surface area contributed by atoms with Crippen LogP contribution in [-0.4, -0.2) is 8.07 Å². The quantitative estimate of drug-likeness (QED) is 0.140. The van der Waals surface area contributed by atoms with Gasteiger partial charge in [0.15, 0.2) is 8.07 Å². The van der Waals surface area contributed by atoms with Gasteiger partial charge in [0.25, 0.3) is 0 Å². The van der Waals surface area contributed by atoms with Crippen molar-refractivity contribution >= 4 is 50.4 Å². The van der Waals surface area contributed by atoms with E-state index in [1.165, 1.54) is 75.7 Å². The van der Waals surface area contributed by atoms with Crippen molar-refractivity contribution in [2.24, 2.45) is 0 Å². The van der Waals surface area contributed by atoms with Crippen LogP contribution in [0.3, 0.4) is 0 Å². The number of rotatable bonds is 5. The lowest BCUT2D eigenvalue weighted by atomic mass is 9.92. The van der Waals surface area contributed by atoms with Gasteiger partial charge >= 0.3 is 0 Å². The molecule has 45 heavy (non-hydrogen) atoms. The second-order valence-electron chi connectivity index (χ2n) is 12.1. The van der Waals surface area contributed by atoms with Crippen molar-refractivity contribution in [1.82, 2.24) is 0 Å². The molecule has 1 aliphatic rings. The smallest absolute Gasteiger partial charge is 0.0623 e. The molecule has 210 valence electrons. The van der Waals surface area contributed by atoms with Gasteiger partial charge in [-0.15, -0.1) is 0 Å². The van der Waals surface area contributed by atoms with Gasteiger partial charge in [0, 0.05) is 0 Å². The fraction of sp³-hybridized carbons (Fsp3) is 0. The van der Waals surface area contributed by atoms with E-state index < -0.39 is 8.07 Å². The Balaban J connectivity index is 1.27. The molecule has 0 spiro atoms. The van der Waals surface area contributed by atoms with Crippen LogP contribution < -0.4 is 20.7 Å². The van der Waals surface area contributed by atoms with E-state index in [4.69, 9.17) is 0 Å². The van der Waals surface area contributed by atoms with Crippen LogP contribution in [0, 0.1) is 0 Å². The molecule has 0 nitrogen and oxygen atoms in total. The summed E-state index contributed by atoms with van der Waals surface area (Å²) in [6.45, 7) is 0. The second-order valence-corrected chi connectivity index (χ2v) is 15.9. The molecule has 8 aromatic carbocycles. The molecule has 8 aromatic rings. The Morgan fingerprint density at radius 2 is 0.778 bits per heavy atom. The van der Waals surface area contributed by atoms with Crippen LogP contribution in [0.2, 0.25) is 0 Å². The predicted octanol–water partition coefficient (Wildman–Crippen LogP) is 8.68. The zero-order valence-electron chi connectivity index (χ0n) is 24.8. The molecule has 1 aliphatic carbocycles. The van der Waals surface area contributed by atoms with Crippen molar-refractivity contribution in [2.75, 3.05) is 0 Å². The average molecular weight is 587 g/mol. The standard InChI is InChI=1S/C44H30Si/c1-4-16-35(17-5-1)45(36-18-6-2-7-19-36,37-20-8-3-9-21-37)38-26-23-31(24-27-38)39-28-25-32-15-12-22-40-41-29-33-13-10-11-14-34(33)30-42(41)44(39)43(32)40/h1-30H. The molecule has 0 aromatic heterocycles. The van der Waals surface area contributed by atoms with Crippen molar-refractivity contribution in [3.63, 3.8) is 0 Å². The average Bonchev–Trinajstić information content (AvgIpc) is 3.44. The normalized spacial score (nSPS) is 12.0. The van der Waals surface area contributed by atoms with E-state index in [1.807, 2.05) is 0 Å². The number of hydrogen-bond acceptors (Lipinski definition) is 0. The lowest BCUT2D eigenvalue weighted by molar-refractivity contribution is 1.64. The summed E-state index contributed by atoms with van der Waals surface area (Å²) in [4.78, 5) is 0. The largest absolute Gasteiger partial charge is 0.179 e. The van der Waals surface area contributed by atoms with Gasteiger partial charge in [0.1, 0.15) is 0 Å². The van der Waals surface area contributed by atoms with Crippen LogP contribution in [0.5, 0.6) is 0 Å². The molecular formula is C44H30Si. The Hall–Kier alpha value is -5.50. The fourth-order valence-corrected chi connectivity index (χ4v) is 12.5. The third-order valence-electron chi connectivity index (χ3n) is 9.74. The molecule has 9 rings (SSSR count). The summed E-state index contributed by atoms with van der Waals surface area (Å²) >= 11 is 0. The highest BCUT2D eigenvalue weighted by Crippen LogP contribution is 2.52. The first-order chi connectivity index (χ1) is 22.3. The predicted molar refractivity (Wildman–Crippen MR) is 195 cm³/mol. The van der Waals surface area contributed by atoms with E-state index in [-0.39, 0.29) is 0 Å². The summed E-state index contributed by atoms with van der Waals surface area (Å²) in [5.74, 6) is 0. The topological polar surface area (TPSA) is 0 Å². The maximum Gasteiger partial charge on any atom is 0.179 e. The molecular weight excluding hydrogens is 557 g/mol. The Morgan fingerprint density at radius 3 is 1.36 bits per heavy atom. The zero-order valence-corrected chi connectivity index (χ0v) is 25.8. The molecule has 0 radical (unpaired) electrons. The van der Waals surface area contributed by atoms with E-state index in [0.717, 1.165) is 0 Å². The number of fused-ring (bicyclic) bond motifs is 4. The molecule has 0 N–H and O–H groups in total. The van der Waals surface area contributed by atoms with Gasteiger partial charge in [-0.2, -0.15) is 0 Å². The Bertz CT molecular complexity index is 2240. The monoisotopic (exact) mass is 586 g/mol. The first kappa shape index (κ1) is 25.9. The molecule has 0 atom stereocenters. The van der Waals surface area contributed by atoms with Gasteiger partial charge in [-0.1, -0.05) is 170 Å². The molecule has 0 saturated carbocycles. The summed E-state index contributed by atoms with van der Waals surface area (Å²) in [6, 6.07) is 67.9. The van der Waals surface area contributed by atoms with Gasteiger partial charge < -0.3 is 0 Å². The van der Waals surface area contributed by atoms with Crippen LogP contribution in [0.15, 0.2) is 182 Å². The molecule has 0 heterocycles. The Morgan fingerprint density at radius 1 is 0.289 bits per heavy atom. The van der Waals surface area contributed by atoms with Gasteiger partial charge in [-0.3, -0.25) is 0 Å². The van der Waals surface area contributed by atoms with Crippen LogP contribution >= 0.6 is 0 Å². The maximum atomic E-state index is 2.41. The van der Waals surface area contributed by atoms with Crippen molar-refractivity contribution in [3.05, 3.63) is 182 Å². The van der Waals surface area contributed by atoms with Gasteiger partial charge in [-0.25, -0.2) is 0 Å². The van der Waals surface area contributed by atoms with Crippen LogP contribution in [0.4, 0.5) is 0 Å². The fourth-order valence-electron chi connectivity index (χ4n) is 7.76. The van der Waals surface area contributed by atoms with Crippen LogP contribution in [0.1, 0.15) is 0 Å². The summed E-state index contributed by atoms with van der Waals surface area (Å²) in [5.41, 5.74) is 7.91. The lowest BCUT2D eigenvalue weighted by Gasteiger charge is -2.34. The van der Waals surface area contributed by atoms with Crippen molar-refractivity contribution < 1.29 is 0 Å². The number of hydrogen-bond donors (Lipinski definition) is 0. The summed E-state index contributed by atoms with van der Waals surface area (Å²) in [5, 5.41) is 10.8. The highest BCUT2D eigenvalue weighted by Gasteiger charge is 2.41. The van der Waals surface area contributed by atoms with E-state index >= 15 is 0 Å². The first-order valence-electron chi connectivity index (χ1n) is 15.7. The molecule has 0 fully saturated rings. The van der Waals surface area contributed by atoms with Crippen LogP contribution in [-0.2, 0) is 0 Å². The Kier molecular flexibility index (Phi) is 5.94. The van der Waals surface area contributed by atoms with Crippen LogP contribution in [0.25, 0.3) is 54.9 Å². The second kappa shape index (κ2) is 10.3. The van der Waals surface area contributed by atoms with Gasteiger partial charge in [0.05, 0.1) is 0 Å². The van der Waals surface area contributed by atoms with Gasteiger partial charge in [0.2, 0.25) is 0 Å². The van der Waals surface area contributed by atoms with E-state index in [9.17, 15) is 0 Å². The SMILES string of the molecule is c1ccc([Si](c2ccccc2)(c2ccccc2)c2ccc(-c3ccc4cccc5c4c3-c3cc4ccccc4cc3-5)cc2)cc1. The summed E-state index contributed by atoms with van der Waals surface area (Å²) in [7, 11) is -2.57. The zero-order chi connectivity index (χ0) is 29.8. The summed E-state index contributed by atoms with van der Waals surface area (Å²) < 4.78 is 0. The molecule has 0 saturated heterocycles. The number of benzene rings is 8. The third-order valence-corrected chi connectivity index (χ3v) is 14.5. The van der Waals surface area contributed by atoms with E-state index in [1.54, 1.807) is 0 Å². The molecule has 1 heteroatoms. The van der Waals surface area contributed by atoms with Crippen molar-refractivity contribution in [3.8, 4) is 33.4 Å². The highest BCUT2D eigenvalue weighted by molar-refractivity contribution is 7.19. The van der Waals surface area contributed by atoms with E-state index in [2.05, 4.69) is 182 Å². The third kappa shape index (κ3) is 3.91. The lowest BCUT2D eigenvalue weighted by Crippen LogP contribution is -2.74. The minimum atomic E-state index is -2.57. The molecule has 0 amide bonds.